The van der Waals surface area contributed by atoms with E-state index in [0.717, 1.165) is 21.6 Å². The van der Waals surface area contributed by atoms with Crippen LogP contribution in [0.1, 0.15) is 11.8 Å². The molecule has 0 aliphatic rings. The van der Waals surface area contributed by atoms with E-state index in [0.29, 0.717) is 6.54 Å². The molecule has 1 aromatic carbocycles. The summed E-state index contributed by atoms with van der Waals surface area (Å²) in [5.41, 5.74) is 1.59. The Morgan fingerprint density at radius 2 is 2.20 bits per heavy atom. The fourth-order valence-electron chi connectivity index (χ4n) is 1.75. The molecule has 2 N–H and O–H groups in total. The van der Waals surface area contributed by atoms with Crippen molar-refractivity contribution < 1.29 is 9.53 Å². The van der Waals surface area contributed by atoms with E-state index in [4.69, 9.17) is 4.74 Å². The molecule has 106 valence electrons. The van der Waals surface area contributed by atoms with E-state index in [9.17, 15) is 4.79 Å². The predicted octanol–water partition coefficient (Wildman–Crippen LogP) is 4.09. The Kier molecular flexibility index (Phi) is 5.03. The second-order valence-electron chi connectivity index (χ2n) is 4.14. The maximum atomic E-state index is 11.1. The van der Waals surface area contributed by atoms with Crippen molar-refractivity contribution in [2.75, 3.05) is 17.7 Å². The molecule has 0 unspecified atom stereocenters. The summed E-state index contributed by atoms with van der Waals surface area (Å²) in [5, 5.41) is 8.12. The van der Waals surface area contributed by atoms with Gasteiger partial charge in [-0.1, -0.05) is 0 Å². The fourth-order valence-corrected chi connectivity index (χ4v) is 3.19. The summed E-state index contributed by atoms with van der Waals surface area (Å²) in [7, 11) is 1.62. The third-order valence-corrected chi connectivity index (χ3v) is 4.58. The Bertz CT molecular complexity index is 613. The smallest absolute Gasteiger partial charge is 0.221 e. The van der Waals surface area contributed by atoms with Crippen molar-refractivity contribution in [3.05, 3.63) is 39.0 Å². The number of anilines is 2. The number of hydrogen-bond donors (Lipinski definition) is 2. The van der Waals surface area contributed by atoms with Crippen LogP contribution in [0.15, 0.2) is 34.1 Å². The maximum Gasteiger partial charge on any atom is 0.221 e. The second-order valence-corrected chi connectivity index (χ2v) is 6.00. The summed E-state index contributed by atoms with van der Waals surface area (Å²) in [4.78, 5) is 12.3. The number of hydrogen-bond acceptors (Lipinski definition) is 4. The first kappa shape index (κ1) is 14.9. The van der Waals surface area contributed by atoms with Crippen LogP contribution in [-0.2, 0) is 11.3 Å². The van der Waals surface area contributed by atoms with Crippen LogP contribution in [0.3, 0.4) is 0 Å². The fraction of sp³-hybridized carbons (Fsp3) is 0.214. The monoisotopic (exact) mass is 354 g/mol. The van der Waals surface area contributed by atoms with E-state index < -0.39 is 0 Å². The van der Waals surface area contributed by atoms with Gasteiger partial charge in [-0.25, -0.2) is 0 Å². The Hall–Kier alpha value is -1.53. The van der Waals surface area contributed by atoms with Crippen molar-refractivity contribution in [3.63, 3.8) is 0 Å². The number of benzene rings is 1. The molecule has 2 aromatic rings. The topological polar surface area (TPSA) is 50.4 Å². The molecular weight excluding hydrogens is 340 g/mol. The molecule has 0 fully saturated rings. The summed E-state index contributed by atoms with van der Waals surface area (Å²) in [6.07, 6.45) is 0. The molecule has 20 heavy (non-hydrogen) atoms. The first-order valence-corrected chi connectivity index (χ1v) is 7.69. The van der Waals surface area contributed by atoms with Gasteiger partial charge < -0.3 is 15.4 Å². The highest BCUT2D eigenvalue weighted by atomic mass is 79.9. The van der Waals surface area contributed by atoms with Gasteiger partial charge in [0.15, 0.2) is 0 Å². The Labute approximate surface area is 130 Å². The average Bonchev–Trinajstić information content (AvgIpc) is 2.81. The summed E-state index contributed by atoms with van der Waals surface area (Å²) in [6.45, 7) is 2.18. The van der Waals surface area contributed by atoms with Gasteiger partial charge in [-0.15, -0.1) is 11.3 Å². The van der Waals surface area contributed by atoms with Crippen molar-refractivity contribution in [2.24, 2.45) is 0 Å². The molecule has 4 nitrogen and oxygen atoms in total. The molecule has 1 amide bonds. The van der Waals surface area contributed by atoms with E-state index in [1.807, 2.05) is 29.6 Å². The Morgan fingerprint density at radius 1 is 1.40 bits per heavy atom. The number of ether oxygens (including phenoxy) is 1. The quantitative estimate of drug-likeness (QED) is 0.849. The first-order valence-electron chi connectivity index (χ1n) is 6.01. The molecule has 0 atom stereocenters. The summed E-state index contributed by atoms with van der Waals surface area (Å²) in [6, 6.07) is 7.53. The molecule has 0 aliphatic carbocycles. The minimum Gasteiger partial charge on any atom is -0.495 e. The van der Waals surface area contributed by atoms with Gasteiger partial charge in [-0.3, -0.25) is 4.79 Å². The number of amides is 1. The predicted molar refractivity (Wildman–Crippen MR) is 86.6 cm³/mol. The lowest BCUT2D eigenvalue weighted by Gasteiger charge is -2.13. The number of carbonyl (C=O) groups excluding carboxylic acids is 1. The highest BCUT2D eigenvalue weighted by molar-refractivity contribution is 9.10. The molecule has 0 radical (unpaired) electrons. The molecule has 0 spiro atoms. The normalized spacial score (nSPS) is 10.2. The first-order chi connectivity index (χ1) is 9.60. The lowest BCUT2D eigenvalue weighted by Crippen LogP contribution is -2.07. The minimum atomic E-state index is -0.0953. The van der Waals surface area contributed by atoms with Gasteiger partial charge in [0, 0.05) is 22.0 Å². The maximum absolute atomic E-state index is 11.1. The minimum absolute atomic E-state index is 0.0953. The van der Waals surface area contributed by atoms with Crippen LogP contribution in [-0.4, -0.2) is 13.0 Å². The number of thiophene rings is 1. The van der Waals surface area contributed by atoms with Crippen LogP contribution in [0.2, 0.25) is 0 Å². The summed E-state index contributed by atoms with van der Waals surface area (Å²) >= 11 is 5.18. The van der Waals surface area contributed by atoms with Crippen LogP contribution < -0.4 is 15.4 Å². The van der Waals surface area contributed by atoms with Crippen molar-refractivity contribution in [2.45, 2.75) is 13.5 Å². The molecule has 2 rings (SSSR count). The highest BCUT2D eigenvalue weighted by Gasteiger charge is 2.07. The number of nitrogens with one attached hydrogen (secondary N) is 2. The number of halogens is 1. The molecule has 0 saturated carbocycles. The van der Waals surface area contributed by atoms with Crippen LogP contribution >= 0.6 is 27.3 Å². The number of carbonyl (C=O) groups is 1. The van der Waals surface area contributed by atoms with Gasteiger partial charge in [-0.2, -0.15) is 0 Å². The molecule has 6 heteroatoms. The van der Waals surface area contributed by atoms with E-state index in [1.165, 1.54) is 11.8 Å². The van der Waals surface area contributed by atoms with Gasteiger partial charge in [-0.05, 0) is 45.6 Å². The van der Waals surface area contributed by atoms with Gasteiger partial charge in [0.2, 0.25) is 5.91 Å². The van der Waals surface area contributed by atoms with E-state index >= 15 is 0 Å². The van der Waals surface area contributed by atoms with Crippen LogP contribution in [0.25, 0.3) is 0 Å². The zero-order chi connectivity index (χ0) is 14.5. The molecule has 0 aliphatic heterocycles. The number of rotatable bonds is 5. The van der Waals surface area contributed by atoms with Gasteiger partial charge in [0.25, 0.3) is 0 Å². The van der Waals surface area contributed by atoms with Crippen molar-refractivity contribution in [1.29, 1.82) is 0 Å². The molecule has 0 bridgehead atoms. The van der Waals surface area contributed by atoms with Crippen LogP contribution in [0, 0.1) is 0 Å². The largest absolute Gasteiger partial charge is 0.495 e. The zero-order valence-electron chi connectivity index (χ0n) is 11.2. The summed E-state index contributed by atoms with van der Waals surface area (Å²) < 4.78 is 6.41. The molecule has 1 aromatic heterocycles. The van der Waals surface area contributed by atoms with Crippen molar-refractivity contribution >= 4 is 44.5 Å². The Morgan fingerprint density at radius 3 is 2.80 bits per heavy atom. The zero-order valence-corrected chi connectivity index (χ0v) is 13.6. The van der Waals surface area contributed by atoms with Gasteiger partial charge in [0.1, 0.15) is 5.75 Å². The highest BCUT2D eigenvalue weighted by Crippen LogP contribution is 2.30. The van der Waals surface area contributed by atoms with Crippen molar-refractivity contribution in [1.82, 2.24) is 0 Å². The SMILES string of the molecule is COc1ccc(NC(C)=O)cc1NCc1sccc1Br. The molecular formula is C14H15BrN2O2S. The standard InChI is InChI=1S/C14H15BrN2O2S/c1-9(18)17-10-3-4-13(19-2)12(7-10)16-8-14-11(15)5-6-20-14/h3-7,16H,8H2,1-2H3,(H,17,18). The second kappa shape index (κ2) is 6.76. The molecule has 1 heterocycles. The van der Waals surface area contributed by atoms with Gasteiger partial charge in [0.05, 0.1) is 19.3 Å². The summed E-state index contributed by atoms with van der Waals surface area (Å²) in [5.74, 6) is 0.647. The third-order valence-electron chi connectivity index (χ3n) is 2.65. The molecule has 0 saturated heterocycles. The van der Waals surface area contributed by atoms with Gasteiger partial charge >= 0.3 is 0 Å². The number of methoxy groups -OCH3 is 1. The van der Waals surface area contributed by atoms with E-state index in [1.54, 1.807) is 18.4 Å². The lowest BCUT2D eigenvalue weighted by molar-refractivity contribution is -0.114. The lowest BCUT2D eigenvalue weighted by atomic mass is 10.2. The van der Waals surface area contributed by atoms with Crippen molar-refractivity contribution in [3.8, 4) is 5.75 Å². The van der Waals surface area contributed by atoms with E-state index in [-0.39, 0.29) is 5.91 Å². The van der Waals surface area contributed by atoms with E-state index in [2.05, 4.69) is 26.6 Å². The van der Waals surface area contributed by atoms with Crippen LogP contribution in [0.5, 0.6) is 5.75 Å². The Balaban J connectivity index is 2.15. The average molecular weight is 355 g/mol. The third kappa shape index (κ3) is 3.74. The van der Waals surface area contributed by atoms with Crippen LogP contribution in [0.4, 0.5) is 11.4 Å².